The van der Waals surface area contributed by atoms with Gasteiger partial charge in [-0.2, -0.15) is 4.98 Å². The van der Waals surface area contributed by atoms with Crippen LogP contribution in [-0.2, 0) is 16.3 Å². The molecule has 0 radical (unpaired) electrons. The van der Waals surface area contributed by atoms with Gasteiger partial charge >= 0.3 is 0 Å². The summed E-state index contributed by atoms with van der Waals surface area (Å²) in [5.74, 6) is 0.533. The van der Waals surface area contributed by atoms with E-state index in [2.05, 4.69) is 17.1 Å². The minimum atomic E-state index is -3.23. The van der Waals surface area contributed by atoms with Crippen LogP contribution in [0.4, 0.5) is 0 Å². The Morgan fingerprint density at radius 3 is 2.42 bits per heavy atom. The lowest BCUT2D eigenvalue weighted by atomic mass is 10.1. The number of hydrogen-bond acceptors (Lipinski definition) is 5. The smallest absolute Gasteiger partial charge is 0.244 e. The second-order valence-electron chi connectivity index (χ2n) is 4.48. The molecule has 6 heteroatoms. The maximum atomic E-state index is 11.4. The van der Waals surface area contributed by atoms with Crippen LogP contribution in [0.5, 0.6) is 0 Å². The first-order valence-electron chi connectivity index (χ1n) is 6.03. The second kappa shape index (κ2) is 5.13. The van der Waals surface area contributed by atoms with Crippen molar-refractivity contribution in [2.24, 2.45) is 0 Å². The van der Waals surface area contributed by atoms with Gasteiger partial charge in [0.25, 0.3) is 0 Å². The van der Waals surface area contributed by atoms with Crippen molar-refractivity contribution in [2.45, 2.75) is 25.5 Å². The van der Waals surface area contributed by atoms with Crippen molar-refractivity contribution in [2.75, 3.05) is 6.26 Å². The lowest BCUT2D eigenvalue weighted by molar-refractivity contribution is 0.377. The number of rotatable bonds is 4. The summed E-state index contributed by atoms with van der Waals surface area (Å²) in [5.41, 5.74) is 2.03. The van der Waals surface area contributed by atoms with E-state index >= 15 is 0 Å². The predicted octanol–water partition coefficient (Wildman–Crippen LogP) is 2.40. The third-order valence-electron chi connectivity index (χ3n) is 3.05. The van der Waals surface area contributed by atoms with Crippen molar-refractivity contribution in [1.29, 1.82) is 0 Å². The number of hydrogen-bond donors (Lipinski definition) is 0. The summed E-state index contributed by atoms with van der Waals surface area (Å²) in [6, 6.07) is 7.79. The molecule has 0 saturated carbocycles. The number of aryl methyl sites for hydroxylation is 1. The Morgan fingerprint density at radius 2 is 1.89 bits per heavy atom. The molecule has 2 aromatic rings. The quantitative estimate of drug-likeness (QED) is 0.859. The van der Waals surface area contributed by atoms with E-state index in [1.54, 1.807) is 0 Å². The highest BCUT2D eigenvalue weighted by Crippen LogP contribution is 2.23. The first kappa shape index (κ1) is 13.7. The van der Waals surface area contributed by atoms with Gasteiger partial charge in [-0.05, 0) is 18.9 Å². The topological polar surface area (TPSA) is 73.1 Å². The molecule has 0 aliphatic carbocycles. The van der Waals surface area contributed by atoms with Gasteiger partial charge in [-0.1, -0.05) is 36.3 Å². The third kappa shape index (κ3) is 3.01. The first-order chi connectivity index (χ1) is 8.91. The van der Waals surface area contributed by atoms with Crippen LogP contribution in [0.25, 0.3) is 11.4 Å². The highest BCUT2D eigenvalue weighted by molar-refractivity contribution is 7.90. The van der Waals surface area contributed by atoms with Crippen molar-refractivity contribution < 1.29 is 12.9 Å². The van der Waals surface area contributed by atoms with Gasteiger partial charge in [-0.25, -0.2) is 8.42 Å². The Morgan fingerprint density at radius 1 is 1.26 bits per heavy atom. The van der Waals surface area contributed by atoms with Crippen LogP contribution in [0.15, 0.2) is 28.8 Å². The van der Waals surface area contributed by atoms with E-state index in [0.29, 0.717) is 5.82 Å². The number of benzene rings is 1. The molecular weight excluding hydrogens is 264 g/mol. The third-order valence-corrected chi connectivity index (χ3v) is 4.54. The molecule has 0 fully saturated rings. The molecule has 5 nitrogen and oxygen atoms in total. The summed E-state index contributed by atoms with van der Waals surface area (Å²) in [4.78, 5) is 4.15. The fourth-order valence-electron chi connectivity index (χ4n) is 1.59. The fourth-order valence-corrected chi connectivity index (χ4v) is 2.05. The minimum Gasteiger partial charge on any atom is -0.338 e. The van der Waals surface area contributed by atoms with E-state index in [1.807, 2.05) is 24.3 Å². The summed E-state index contributed by atoms with van der Waals surface area (Å²) >= 11 is 0. The van der Waals surface area contributed by atoms with Gasteiger partial charge in [-0.15, -0.1) is 0 Å². The molecule has 1 aromatic heterocycles. The Hall–Kier alpha value is -1.69. The van der Waals surface area contributed by atoms with E-state index in [9.17, 15) is 8.42 Å². The standard InChI is InChI=1S/C13H16N2O3S/c1-4-10-5-7-11(8-6-10)12-14-13(18-15-12)9(2)19(3,16)17/h5-9H,4H2,1-3H3/t9-/m1/s1. The minimum absolute atomic E-state index is 0.122. The number of sulfone groups is 1. The van der Waals surface area contributed by atoms with Crippen molar-refractivity contribution >= 4 is 9.84 Å². The molecule has 0 bridgehead atoms. The average molecular weight is 280 g/mol. The molecule has 1 aromatic carbocycles. The lowest BCUT2D eigenvalue weighted by Crippen LogP contribution is -2.07. The van der Waals surface area contributed by atoms with Crippen molar-refractivity contribution in [3.05, 3.63) is 35.7 Å². The maximum Gasteiger partial charge on any atom is 0.244 e. The summed E-state index contributed by atoms with van der Waals surface area (Å²) in [6.45, 7) is 3.61. The Bertz CT molecular complexity index is 659. The van der Waals surface area contributed by atoms with Crippen molar-refractivity contribution in [1.82, 2.24) is 10.1 Å². The van der Waals surface area contributed by atoms with Crippen LogP contribution < -0.4 is 0 Å². The van der Waals surface area contributed by atoms with Crippen LogP contribution >= 0.6 is 0 Å². The molecule has 0 N–H and O–H groups in total. The van der Waals surface area contributed by atoms with E-state index in [0.717, 1.165) is 18.2 Å². The Labute approximate surface area is 112 Å². The van der Waals surface area contributed by atoms with E-state index in [1.165, 1.54) is 12.5 Å². The highest BCUT2D eigenvalue weighted by atomic mass is 32.2. The zero-order valence-electron chi connectivity index (χ0n) is 11.1. The van der Waals surface area contributed by atoms with Gasteiger partial charge in [0.05, 0.1) is 0 Å². The Kier molecular flexibility index (Phi) is 3.71. The van der Waals surface area contributed by atoms with Crippen LogP contribution in [0.3, 0.4) is 0 Å². The molecule has 0 aliphatic rings. The molecule has 0 aliphatic heterocycles. The molecule has 0 spiro atoms. The monoisotopic (exact) mass is 280 g/mol. The Balaban J connectivity index is 2.30. The molecule has 0 saturated heterocycles. The SMILES string of the molecule is CCc1ccc(-c2noc([C@@H](C)S(C)(=O)=O)n2)cc1. The summed E-state index contributed by atoms with van der Waals surface area (Å²) < 4.78 is 27.9. The molecule has 0 unspecified atom stereocenters. The molecule has 1 heterocycles. The van der Waals surface area contributed by atoms with Gasteiger partial charge in [0, 0.05) is 11.8 Å². The molecular formula is C13H16N2O3S. The highest BCUT2D eigenvalue weighted by Gasteiger charge is 2.24. The molecule has 102 valence electrons. The normalized spacial score (nSPS) is 13.4. The predicted molar refractivity (Wildman–Crippen MR) is 72.4 cm³/mol. The molecule has 19 heavy (non-hydrogen) atoms. The van der Waals surface area contributed by atoms with Crippen LogP contribution in [-0.4, -0.2) is 24.8 Å². The van der Waals surface area contributed by atoms with Crippen LogP contribution in [0.2, 0.25) is 0 Å². The zero-order valence-corrected chi connectivity index (χ0v) is 11.9. The molecule has 0 amide bonds. The van der Waals surface area contributed by atoms with E-state index in [-0.39, 0.29) is 5.89 Å². The fraction of sp³-hybridized carbons (Fsp3) is 0.385. The van der Waals surface area contributed by atoms with Crippen LogP contribution in [0.1, 0.15) is 30.6 Å². The zero-order chi connectivity index (χ0) is 14.0. The molecule has 1 atom stereocenters. The summed E-state index contributed by atoms with van der Waals surface area (Å²) in [7, 11) is -3.23. The summed E-state index contributed by atoms with van der Waals surface area (Å²) in [5, 5.41) is 3.04. The second-order valence-corrected chi connectivity index (χ2v) is 6.84. The van der Waals surface area contributed by atoms with E-state index < -0.39 is 15.1 Å². The summed E-state index contributed by atoms with van der Waals surface area (Å²) in [6.07, 6.45) is 2.11. The van der Waals surface area contributed by atoms with Crippen LogP contribution in [0, 0.1) is 0 Å². The number of aromatic nitrogens is 2. The van der Waals surface area contributed by atoms with Gasteiger partial charge in [0.2, 0.25) is 11.7 Å². The van der Waals surface area contributed by atoms with Gasteiger partial charge in [-0.3, -0.25) is 0 Å². The largest absolute Gasteiger partial charge is 0.338 e. The number of nitrogens with zero attached hydrogens (tertiary/aromatic N) is 2. The van der Waals surface area contributed by atoms with Crippen molar-refractivity contribution in [3.8, 4) is 11.4 Å². The van der Waals surface area contributed by atoms with E-state index in [4.69, 9.17) is 4.52 Å². The maximum absolute atomic E-state index is 11.4. The average Bonchev–Trinajstić information content (AvgIpc) is 2.86. The van der Waals surface area contributed by atoms with Gasteiger partial charge in [0.1, 0.15) is 5.25 Å². The lowest BCUT2D eigenvalue weighted by Gasteiger charge is -2.01. The van der Waals surface area contributed by atoms with Crippen molar-refractivity contribution in [3.63, 3.8) is 0 Å². The van der Waals surface area contributed by atoms with Gasteiger partial charge in [0.15, 0.2) is 9.84 Å². The first-order valence-corrected chi connectivity index (χ1v) is 7.99. The van der Waals surface area contributed by atoms with Gasteiger partial charge < -0.3 is 4.52 Å². The molecule has 2 rings (SSSR count).